The lowest BCUT2D eigenvalue weighted by atomic mass is 10.1. The Balaban J connectivity index is 1.68. The molecular formula is C21H21ClN2O2S. The van der Waals surface area contributed by atoms with E-state index in [4.69, 9.17) is 16.3 Å². The van der Waals surface area contributed by atoms with Crippen LogP contribution in [0.25, 0.3) is 11.3 Å². The molecule has 0 saturated carbocycles. The molecule has 1 N–H and O–H groups in total. The monoisotopic (exact) mass is 400 g/mol. The summed E-state index contributed by atoms with van der Waals surface area (Å²) in [5.41, 5.74) is 5.05. The van der Waals surface area contributed by atoms with E-state index in [1.807, 2.05) is 58.0 Å². The van der Waals surface area contributed by atoms with Gasteiger partial charge in [0.2, 0.25) is 0 Å². The first-order valence-electron chi connectivity index (χ1n) is 8.57. The summed E-state index contributed by atoms with van der Waals surface area (Å²) in [7, 11) is 0. The number of anilines is 1. The van der Waals surface area contributed by atoms with Gasteiger partial charge in [-0.1, -0.05) is 29.8 Å². The van der Waals surface area contributed by atoms with E-state index < -0.39 is 0 Å². The molecule has 0 atom stereocenters. The molecule has 0 saturated heterocycles. The number of hydrogen-bond donors (Lipinski definition) is 1. The molecule has 0 aliphatic carbocycles. The van der Waals surface area contributed by atoms with Crippen molar-refractivity contribution in [2.75, 3.05) is 11.9 Å². The summed E-state index contributed by atoms with van der Waals surface area (Å²) < 4.78 is 5.72. The van der Waals surface area contributed by atoms with Crippen LogP contribution in [0.3, 0.4) is 0 Å². The van der Waals surface area contributed by atoms with Gasteiger partial charge in [0.25, 0.3) is 5.91 Å². The lowest BCUT2D eigenvalue weighted by Crippen LogP contribution is -2.20. The van der Waals surface area contributed by atoms with E-state index in [0.29, 0.717) is 10.2 Å². The predicted octanol–water partition coefficient (Wildman–Crippen LogP) is 5.71. The Bertz CT molecular complexity index is 998. The number of carbonyl (C=O) groups is 1. The predicted molar refractivity (Wildman–Crippen MR) is 112 cm³/mol. The van der Waals surface area contributed by atoms with Gasteiger partial charge in [-0.05, 0) is 62.6 Å². The Kier molecular flexibility index (Phi) is 5.82. The van der Waals surface area contributed by atoms with Crippen molar-refractivity contribution in [2.24, 2.45) is 0 Å². The number of ether oxygens (including phenoxy) is 1. The van der Waals surface area contributed by atoms with Crippen molar-refractivity contribution >= 4 is 34.0 Å². The number of halogens is 1. The van der Waals surface area contributed by atoms with Crippen molar-refractivity contribution in [3.63, 3.8) is 0 Å². The molecule has 0 radical (unpaired) electrons. The van der Waals surface area contributed by atoms with Crippen LogP contribution in [-0.2, 0) is 4.79 Å². The van der Waals surface area contributed by atoms with Crippen LogP contribution in [0.4, 0.5) is 5.13 Å². The highest BCUT2D eigenvalue weighted by molar-refractivity contribution is 7.16. The number of aryl methyl sites for hydroxylation is 3. The van der Waals surface area contributed by atoms with Crippen LogP contribution < -0.4 is 10.1 Å². The number of aromatic nitrogens is 1. The average molecular weight is 401 g/mol. The summed E-state index contributed by atoms with van der Waals surface area (Å²) in [5, 5.41) is 4.02. The number of thiazole rings is 1. The zero-order chi connectivity index (χ0) is 19.6. The van der Waals surface area contributed by atoms with E-state index in [0.717, 1.165) is 38.6 Å². The second-order valence-electron chi connectivity index (χ2n) is 6.48. The van der Waals surface area contributed by atoms with Gasteiger partial charge in [-0.3, -0.25) is 10.1 Å². The highest BCUT2D eigenvalue weighted by Gasteiger charge is 2.13. The van der Waals surface area contributed by atoms with Crippen molar-refractivity contribution < 1.29 is 9.53 Å². The van der Waals surface area contributed by atoms with E-state index >= 15 is 0 Å². The fraction of sp³-hybridized carbons (Fsp3) is 0.238. The lowest BCUT2D eigenvalue weighted by Gasteiger charge is -2.11. The van der Waals surface area contributed by atoms with Gasteiger partial charge in [-0.25, -0.2) is 4.98 Å². The molecule has 0 fully saturated rings. The maximum Gasteiger partial charge on any atom is 0.264 e. The molecule has 2 aromatic carbocycles. The van der Waals surface area contributed by atoms with Gasteiger partial charge in [0, 0.05) is 15.5 Å². The van der Waals surface area contributed by atoms with Gasteiger partial charge in [-0.15, -0.1) is 11.3 Å². The molecule has 0 aliphatic heterocycles. The molecule has 1 amide bonds. The number of amides is 1. The SMILES string of the molecule is Cc1cc(C)c(C)c(OCC(=O)Nc2nc(-c3cccc(Cl)c3)c(C)s2)c1. The summed E-state index contributed by atoms with van der Waals surface area (Å²) in [6, 6.07) is 11.6. The van der Waals surface area contributed by atoms with Gasteiger partial charge in [0.15, 0.2) is 11.7 Å². The third kappa shape index (κ3) is 4.67. The molecule has 0 bridgehead atoms. The minimum absolute atomic E-state index is 0.0607. The molecule has 1 heterocycles. The van der Waals surface area contributed by atoms with Crippen LogP contribution in [0.15, 0.2) is 36.4 Å². The summed E-state index contributed by atoms with van der Waals surface area (Å²) in [4.78, 5) is 17.8. The minimum Gasteiger partial charge on any atom is -0.483 e. The molecule has 27 heavy (non-hydrogen) atoms. The fourth-order valence-corrected chi connectivity index (χ4v) is 3.85. The normalized spacial score (nSPS) is 10.7. The van der Waals surface area contributed by atoms with Crippen LogP contribution in [0.5, 0.6) is 5.75 Å². The summed E-state index contributed by atoms with van der Waals surface area (Å²) in [5.74, 6) is 0.498. The average Bonchev–Trinajstić information content (AvgIpc) is 2.97. The highest BCUT2D eigenvalue weighted by atomic mass is 35.5. The van der Waals surface area contributed by atoms with E-state index in [2.05, 4.69) is 16.4 Å². The van der Waals surface area contributed by atoms with Crippen molar-refractivity contribution in [2.45, 2.75) is 27.7 Å². The molecule has 0 spiro atoms. The summed E-state index contributed by atoms with van der Waals surface area (Å²) in [6.07, 6.45) is 0. The second-order valence-corrected chi connectivity index (χ2v) is 8.12. The molecule has 6 heteroatoms. The van der Waals surface area contributed by atoms with Crippen LogP contribution in [0.2, 0.25) is 5.02 Å². The second kappa shape index (κ2) is 8.11. The standard InChI is InChI=1S/C21H21ClN2O2S/c1-12-8-13(2)14(3)18(9-12)26-11-19(25)23-21-24-20(15(4)27-21)16-6-5-7-17(22)10-16/h5-10H,11H2,1-4H3,(H,23,24,25). The zero-order valence-electron chi connectivity index (χ0n) is 15.7. The topological polar surface area (TPSA) is 51.2 Å². The van der Waals surface area contributed by atoms with Gasteiger partial charge < -0.3 is 4.74 Å². The summed E-state index contributed by atoms with van der Waals surface area (Å²) >= 11 is 7.49. The Morgan fingerprint density at radius 2 is 1.96 bits per heavy atom. The molecule has 0 aliphatic rings. The van der Waals surface area contributed by atoms with E-state index in [9.17, 15) is 4.79 Å². The van der Waals surface area contributed by atoms with Crippen molar-refractivity contribution in [3.05, 3.63) is 63.0 Å². The maximum absolute atomic E-state index is 12.3. The Labute approximate surface area is 168 Å². The third-order valence-electron chi connectivity index (χ3n) is 4.26. The molecule has 3 rings (SSSR count). The number of nitrogens with one attached hydrogen (secondary N) is 1. The number of carbonyl (C=O) groups excluding carboxylic acids is 1. The van der Waals surface area contributed by atoms with Crippen molar-refractivity contribution in [3.8, 4) is 17.0 Å². The first kappa shape index (κ1) is 19.4. The zero-order valence-corrected chi connectivity index (χ0v) is 17.3. The van der Waals surface area contributed by atoms with Crippen LogP contribution in [-0.4, -0.2) is 17.5 Å². The fourth-order valence-electron chi connectivity index (χ4n) is 2.80. The van der Waals surface area contributed by atoms with Gasteiger partial charge in [-0.2, -0.15) is 0 Å². The third-order valence-corrected chi connectivity index (χ3v) is 5.39. The highest BCUT2D eigenvalue weighted by Crippen LogP contribution is 2.31. The Hall–Kier alpha value is -2.37. The van der Waals surface area contributed by atoms with E-state index in [1.165, 1.54) is 11.3 Å². The first-order valence-corrected chi connectivity index (χ1v) is 9.77. The van der Waals surface area contributed by atoms with E-state index in [-0.39, 0.29) is 12.5 Å². The number of nitrogens with zero attached hydrogens (tertiary/aromatic N) is 1. The Morgan fingerprint density at radius 1 is 1.19 bits per heavy atom. The van der Waals surface area contributed by atoms with E-state index in [1.54, 1.807) is 0 Å². The molecule has 0 unspecified atom stereocenters. The quantitative estimate of drug-likeness (QED) is 0.596. The largest absolute Gasteiger partial charge is 0.483 e. The molecular weight excluding hydrogens is 380 g/mol. The summed E-state index contributed by atoms with van der Waals surface area (Å²) in [6.45, 7) is 7.94. The lowest BCUT2D eigenvalue weighted by molar-refractivity contribution is -0.118. The van der Waals surface area contributed by atoms with Crippen molar-refractivity contribution in [1.29, 1.82) is 0 Å². The van der Waals surface area contributed by atoms with Crippen LogP contribution >= 0.6 is 22.9 Å². The number of benzene rings is 2. The molecule has 4 nitrogen and oxygen atoms in total. The minimum atomic E-state index is -0.236. The maximum atomic E-state index is 12.3. The van der Waals surface area contributed by atoms with Gasteiger partial charge in [0.1, 0.15) is 5.75 Å². The van der Waals surface area contributed by atoms with Crippen LogP contribution in [0.1, 0.15) is 21.6 Å². The van der Waals surface area contributed by atoms with Crippen LogP contribution in [0, 0.1) is 27.7 Å². The molecule has 140 valence electrons. The van der Waals surface area contributed by atoms with Crippen molar-refractivity contribution in [1.82, 2.24) is 4.98 Å². The van der Waals surface area contributed by atoms with Gasteiger partial charge in [0.05, 0.1) is 5.69 Å². The number of rotatable bonds is 5. The number of hydrogen-bond acceptors (Lipinski definition) is 4. The molecule has 3 aromatic rings. The smallest absolute Gasteiger partial charge is 0.264 e. The Morgan fingerprint density at radius 3 is 2.70 bits per heavy atom. The molecule has 1 aromatic heterocycles. The van der Waals surface area contributed by atoms with Gasteiger partial charge >= 0.3 is 0 Å². The first-order chi connectivity index (χ1) is 12.8.